The molecule has 3 heteroatoms. The number of esters is 1. The molecule has 0 aliphatic rings. The van der Waals surface area contributed by atoms with Crippen molar-refractivity contribution in [2.24, 2.45) is 5.92 Å². The van der Waals surface area contributed by atoms with Crippen LogP contribution in [0.1, 0.15) is 50.7 Å². The number of benzene rings is 1. The minimum Gasteiger partial charge on any atom is -0.496 e. The van der Waals surface area contributed by atoms with Crippen LogP contribution in [-0.2, 0) is 9.53 Å². The lowest BCUT2D eigenvalue weighted by molar-refractivity contribution is -0.143. The molecule has 0 amide bonds. The van der Waals surface area contributed by atoms with Crippen LogP contribution in [0.5, 0.6) is 5.75 Å². The molecule has 0 spiro atoms. The number of methoxy groups -OCH3 is 2. The normalized spacial score (nSPS) is 12.6. The first-order valence-corrected chi connectivity index (χ1v) is 6.68. The third-order valence-corrected chi connectivity index (χ3v) is 3.38. The van der Waals surface area contributed by atoms with E-state index in [1.165, 1.54) is 12.7 Å². The molecule has 1 aromatic rings. The van der Waals surface area contributed by atoms with E-state index in [1.807, 2.05) is 26.0 Å². The highest BCUT2D eigenvalue weighted by Gasteiger charge is 2.28. The van der Waals surface area contributed by atoms with E-state index in [-0.39, 0.29) is 17.8 Å². The Balaban J connectivity index is 3.27. The zero-order valence-corrected chi connectivity index (χ0v) is 12.7. The van der Waals surface area contributed by atoms with Gasteiger partial charge in [0, 0.05) is 5.56 Å². The Morgan fingerprint density at radius 3 is 2.16 bits per heavy atom. The number of hydrogen-bond donors (Lipinski definition) is 0. The summed E-state index contributed by atoms with van der Waals surface area (Å²) in [7, 11) is 3.06. The summed E-state index contributed by atoms with van der Waals surface area (Å²) >= 11 is 0. The van der Waals surface area contributed by atoms with Crippen LogP contribution in [0.4, 0.5) is 0 Å². The number of hydrogen-bond acceptors (Lipinski definition) is 3. The Labute approximate surface area is 115 Å². The van der Waals surface area contributed by atoms with E-state index < -0.39 is 0 Å². The maximum Gasteiger partial charge on any atom is 0.313 e. The molecule has 0 bridgehead atoms. The molecule has 1 atom stereocenters. The Hall–Kier alpha value is -1.51. The summed E-state index contributed by atoms with van der Waals surface area (Å²) in [5.41, 5.74) is 2.10. The molecule has 1 unspecified atom stereocenters. The van der Waals surface area contributed by atoms with Gasteiger partial charge in [-0.05, 0) is 23.5 Å². The van der Waals surface area contributed by atoms with Gasteiger partial charge in [0.25, 0.3) is 0 Å². The maximum absolute atomic E-state index is 12.0. The van der Waals surface area contributed by atoms with Crippen molar-refractivity contribution < 1.29 is 14.3 Å². The molecule has 0 aliphatic heterocycles. The highest BCUT2D eigenvalue weighted by Crippen LogP contribution is 2.34. The molecule has 1 rings (SSSR count). The number of ether oxygens (including phenoxy) is 2. The lowest BCUT2D eigenvalue weighted by atomic mass is 9.86. The van der Waals surface area contributed by atoms with Crippen LogP contribution in [0.25, 0.3) is 0 Å². The van der Waals surface area contributed by atoms with E-state index in [0.29, 0.717) is 5.92 Å². The van der Waals surface area contributed by atoms with Gasteiger partial charge in [-0.2, -0.15) is 0 Å². The van der Waals surface area contributed by atoms with Gasteiger partial charge in [0.1, 0.15) is 5.75 Å². The van der Waals surface area contributed by atoms with Gasteiger partial charge in [-0.25, -0.2) is 0 Å². The molecular weight excluding hydrogens is 240 g/mol. The summed E-state index contributed by atoms with van der Waals surface area (Å²) in [5, 5.41) is 0. The lowest BCUT2D eigenvalue weighted by Gasteiger charge is -2.22. The van der Waals surface area contributed by atoms with Gasteiger partial charge in [0.2, 0.25) is 0 Å². The summed E-state index contributed by atoms with van der Waals surface area (Å²) in [6.07, 6.45) is 0. The molecule has 0 saturated carbocycles. The zero-order valence-electron chi connectivity index (χ0n) is 12.7. The first kappa shape index (κ1) is 15.5. The van der Waals surface area contributed by atoms with Crippen LogP contribution >= 0.6 is 0 Å². The van der Waals surface area contributed by atoms with Gasteiger partial charge in [-0.1, -0.05) is 39.8 Å². The lowest BCUT2D eigenvalue weighted by Crippen LogP contribution is -2.20. The second-order valence-corrected chi connectivity index (χ2v) is 5.40. The van der Waals surface area contributed by atoms with Crippen LogP contribution < -0.4 is 4.74 Å². The molecule has 0 aliphatic carbocycles. The fourth-order valence-corrected chi connectivity index (χ4v) is 2.23. The summed E-state index contributed by atoms with van der Waals surface area (Å²) in [6, 6.07) is 6.05. The molecule has 0 N–H and O–H groups in total. The molecule has 0 saturated heterocycles. The highest BCUT2D eigenvalue weighted by molar-refractivity contribution is 5.79. The molecule has 106 valence electrons. The van der Waals surface area contributed by atoms with Crippen LogP contribution in [0, 0.1) is 5.92 Å². The third-order valence-electron chi connectivity index (χ3n) is 3.38. The average molecular weight is 264 g/mol. The Kier molecular flexibility index (Phi) is 5.40. The van der Waals surface area contributed by atoms with E-state index in [9.17, 15) is 4.79 Å². The molecule has 3 nitrogen and oxygen atoms in total. The molecule has 0 heterocycles. The monoisotopic (exact) mass is 264 g/mol. The fraction of sp³-hybridized carbons (Fsp3) is 0.562. The smallest absolute Gasteiger partial charge is 0.313 e. The summed E-state index contributed by atoms with van der Waals surface area (Å²) < 4.78 is 10.4. The Bertz CT molecular complexity index is 436. The van der Waals surface area contributed by atoms with E-state index in [4.69, 9.17) is 9.47 Å². The topological polar surface area (TPSA) is 35.5 Å². The van der Waals surface area contributed by atoms with Crippen molar-refractivity contribution >= 4 is 5.97 Å². The fourth-order valence-electron chi connectivity index (χ4n) is 2.23. The van der Waals surface area contributed by atoms with Crippen molar-refractivity contribution in [3.8, 4) is 5.75 Å². The van der Waals surface area contributed by atoms with Gasteiger partial charge < -0.3 is 9.47 Å². The third kappa shape index (κ3) is 3.49. The standard InChI is InChI=1S/C16H24O3/c1-10(2)12-7-8-13(14(9-12)18-5)15(11(3)4)16(17)19-6/h7-11,15H,1-6H3. The van der Waals surface area contributed by atoms with Gasteiger partial charge in [0.15, 0.2) is 0 Å². The molecule has 19 heavy (non-hydrogen) atoms. The quantitative estimate of drug-likeness (QED) is 0.760. The minimum absolute atomic E-state index is 0.159. The van der Waals surface area contributed by atoms with Crippen LogP contribution in [0.2, 0.25) is 0 Å². The van der Waals surface area contributed by atoms with E-state index in [2.05, 4.69) is 19.9 Å². The summed E-state index contributed by atoms with van der Waals surface area (Å²) in [5.74, 6) is 0.840. The molecule has 0 aromatic heterocycles. The van der Waals surface area contributed by atoms with E-state index >= 15 is 0 Å². The Morgan fingerprint density at radius 2 is 1.74 bits per heavy atom. The summed E-state index contributed by atoms with van der Waals surface area (Å²) in [6.45, 7) is 8.29. The van der Waals surface area contributed by atoms with Gasteiger partial charge in [0.05, 0.1) is 20.1 Å². The summed E-state index contributed by atoms with van der Waals surface area (Å²) in [4.78, 5) is 12.0. The van der Waals surface area contributed by atoms with Crippen molar-refractivity contribution in [2.75, 3.05) is 14.2 Å². The van der Waals surface area contributed by atoms with Gasteiger partial charge in [-0.15, -0.1) is 0 Å². The van der Waals surface area contributed by atoms with Crippen molar-refractivity contribution in [2.45, 2.75) is 39.5 Å². The maximum atomic E-state index is 12.0. The van der Waals surface area contributed by atoms with Crippen LogP contribution in [0.15, 0.2) is 18.2 Å². The van der Waals surface area contributed by atoms with E-state index in [1.54, 1.807) is 7.11 Å². The largest absolute Gasteiger partial charge is 0.496 e. The number of rotatable bonds is 5. The SMILES string of the molecule is COC(=O)C(c1ccc(C(C)C)cc1OC)C(C)C. The number of carbonyl (C=O) groups is 1. The first-order chi connectivity index (χ1) is 8.92. The highest BCUT2D eigenvalue weighted by atomic mass is 16.5. The van der Waals surface area contributed by atoms with Crippen LogP contribution in [0.3, 0.4) is 0 Å². The number of carbonyl (C=O) groups excluding carboxylic acids is 1. The predicted octanol–water partition coefficient (Wildman–Crippen LogP) is 3.73. The second kappa shape index (κ2) is 6.60. The molecule has 0 fully saturated rings. The minimum atomic E-state index is -0.291. The molecular formula is C16H24O3. The predicted molar refractivity (Wildman–Crippen MR) is 76.7 cm³/mol. The van der Waals surface area contributed by atoms with Crippen molar-refractivity contribution in [3.05, 3.63) is 29.3 Å². The van der Waals surface area contributed by atoms with E-state index in [0.717, 1.165) is 11.3 Å². The second-order valence-electron chi connectivity index (χ2n) is 5.40. The molecule has 0 radical (unpaired) electrons. The Morgan fingerprint density at radius 1 is 1.11 bits per heavy atom. The average Bonchev–Trinajstić information content (AvgIpc) is 2.38. The van der Waals surface area contributed by atoms with Gasteiger partial charge >= 0.3 is 5.97 Å². The zero-order chi connectivity index (χ0) is 14.6. The van der Waals surface area contributed by atoms with Crippen molar-refractivity contribution in [1.82, 2.24) is 0 Å². The van der Waals surface area contributed by atoms with Crippen LogP contribution in [-0.4, -0.2) is 20.2 Å². The van der Waals surface area contributed by atoms with Gasteiger partial charge in [-0.3, -0.25) is 4.79 Å². The van der Waals surface area contributed by atoms with Crippen molar-refractivity contribution in [3.63, 3.8) is 0 Å². The van der Waals surface area contributed by atoms with Crippen molar-refractivity contribution in [1.29, 1.82) is 0 Å². The first-order valence-electron chi connectivity index (χ1n) is 6.68. The molecule has 1 aromatic carbocycles.